The van der Waals surface area contributed by atoms with Crippen LogP contribution in [0.5, 0.6) is 11.5 Å². The van der Waals surface area contributed by atoms with Crippen molar-refractivity contribution in [3.05, 3.63) is 119 Å². The number of hydrogen-bond acceptors (Lipinski definition) is 14. The minimum Gasteiger partial charge on any atom is -0.505 e. The van der Waals surface area contributed by atoms with Gasteiger partial charge >= 0.3 is 0 Å². The standard InChI is InChI=1S/C54H71N5O8S2/c1-8-68-69-54(3,4)38-57(20-22-64-25-26-65-24-23-62-6)44-28-40(36-66-39(2)58-45(34-55-19-13-14-21-61-5)30-42-15-9-11-17-49(42)58)27-41(29-44)37-67-52-33-48-47(32-51(52)63-7)53(60)59-46(35-56-48)31-43-16-10-12-18-50(43)59/h9-12,14-18,21,27-29,32-34,39,45-46,56H,8,13,19-20,22-26,30-31,35-38H2,1-7H3/b21-14+,55-34?/t39?,45-,46-/m0/s1. The lowest BCUT2D eigenvalue weighted by atomic mass is 10.1. The Hall–Kier alpha value is -4.90. The van der Waals surface area contributed by atoms with Crippen LogP contribution in [0.25, 0.3) is 0 Å². The molecule has 69 heavy (non-hydrogen) atoms. The van der Waals surface area contributed by atoms with E-state index in [2.05, 4.69) is 97.6 Å². The van der Waals surface area contributed by atoms with Crippen molar-refractivity contribution in [1.82, 2.24) is 0 Å². The number of rotatable bonds is 28. The monoisotopic (exact) mass is 981 g/mol. The van der Waals surface area contributed by atoms with Crippen LogP contribution in [-0.2, 0) is 49.7 Å². The van der Waals surface area contributed by atoms with E-state index in [1.54, 1.807) is 27.6 Å². The van der Waals surface area contributed by atoms with Gasteiger partial charge in [-0.05, 0) is 105 Å². The van der Waals surface area contributed by atoms with E-state index < -0.39 is 0 Å². The van der Waals surface area contributed by atoms with Crippen LogP contribution in [-0.4, -0.2) is 121 Å². The summed E-state index contributed by atoms with van der Waals surface area (Å²) >= 11 is 0. The number of fused-ring (bicyclic) bond motifs is 5. The second-order valence-electron chi connectivity index (χ2n) is 17.9. The van der Waals surface area contributed by atoms with Crippen molar-refractivity contribution < 1.29 is 38.0 Å². The summed E-state index contributed by atoms with van der Waals surface area (Å²) in [5.74, 6) is 2.03. The van der Waals surface area contributed by atoms with Gasteiger partial charge in [-0.15, -0.1) is 0 Å². The van der Waals surface area contributed by atoms with Crippen LogP contribution in [0.4, 0.5) is 22.7 Å². The number of methoxy groups -OCH3 is 3. The predicted octanol–water partition coefficient (Wildman–Crippen LogP) is 9.85. The zero-order valence-corrected chi connectivity index (χ0v) is 43.1. The molecule has 15 heteroatoms. The van der Waals surface area contributed by atoms with Gasteiger partial charge in [-0.2, -0.15) is 0 Å². The first-order valence-electron chi connectivity index (χ1n) is 24.1. The first-order valence-corrected chi connectivity index (χ1v) is 26.4. The van der Waals surface area contributed by atoms with Crippen LogP contribution < -0.4 is 29.5 Å². The molecule has 3 heterocycles. The van der Waals surface area contributed by atoms with Crippen molar-refractivity contribution in [1.29, 1.82) is 0 Å². The zero-order chi connectivity index (χ0) is 48.6. The number of carbonyl (C=O) groups is 1. The molecule has 372 valence electrons. The van der Waals surface area contributed by atoms with Crippen LogP contribution in [0.2, 0.25) is 0 Å². The summed E-state index contributed by atoms with van der Waals surface area (Å²) in [6, 6.07) is 27.1. The summed E-state index contributed by atoms with van der Waals surface area (Å²) in [7, 11) is 8.73. The second kappa shape index (κ2) is 25.8. The first-order chi connectivity index (χ1) is 33.6. The van der Waals surface area contributed by atoms with E-state index in [0.717, 1.165) is 59.7 Å². The van der Waals surface area contributed by atoms with E-state index in [0.29, 0.717) is 76.3 Å². The molecule has 1 unspecified atom stereocenters. The average molecular weight is 982 g/mol. The van der Waals surface area contributed by atoms with E-state index in [9.17, 15) is 4.79 Å². The van der Waals surface area contributed by atoms with E-state index >= 15 is 0 Å². The highest BCUT2D eigenvalue weighted by atomic mass is 33.1. The van der Waals surface area contributed by atoms with E-state index in [1.807, 2.05) is 62.9 Å². The fourth-order valence-corrected chi connectivity index (χ4v) is 11.3. The van der Waals surface area contributed by atoms with Crippen LogP contribution in [0.1, 0.15) is 66.7 Å². The molecule has 0 aliphatic carbocycles. The molecule has 4 aromatic carbocycles. The summed E-state index contributed by atoms with van der Waals surface area (Å²) in [4.78, 5) is 25.7. The van der Waals surface area contributed by atoms with Gasteiger partial charge in [0.25, 0.3) is 5.91 Å². The Balaban J connectivity index is 1.15. The molecule has 3 aliphatic heterocycles. The summed E-state index contributed by atoms with van der Waals surface area (Å²) < 4.78 is 41.4. The Kier molecular flexibility index (Phi) is 19.4. The van der Waals surface area contributed by atoms with Gasteiger partial charge < -0.3 is 53.2 Å². The minimum atomic E-state index is -0.248. The number of para-hydroxylation sites is 2. The Morgan fingerprint density at radius 2 is 1.61 bits per heavy atom. The van der Waals surface area contributed by atoms with Crippen LogP contribution in [0.3, 0.4) is 0 Å². The number of ether oxygens (including phenoxy) is 7. The SMILES string of the molecule is CCSSC(C)(C)CN(CCOCCOCCOC)c1cc(COc2cc3c(cc2OC)C(=O)N2c4ccccc4C[C@H]2CN3)cc(COC(C)N2c3ccccc3C[C@H]2C=NCC/C=C/OC)c1. The highest BCUT2D eigenvalue weighted by molar-refractivity contribution is 8.77. The zero-order valence-electron chi connectivity index (χ0n) is 41.4. The van der Waals surface area contributed by atoms with Crippen LogP contribution in [0.15, 0.2) is 96.2 Å². The van der Waals surface area contributed by atoms with Crippen molar-refractivity contribution in [2.75, 3.05) is 106 Å². The molecule has 3 aliphatic rings. The number of hydrogen-bond donors (Lipinski definition) is 1. The van der Waals surface area contributed by atoms with E-state index in [-0.39, 0.29) is 35.6 Å². The maximum absolute atomic E-state index is 14.2. The number of anilines is 4. The number of amides is 1. The average Bonchev–Trinajstić information content (AvgIpc) is 3.89. The van der Waals surface area contributed by atoms with Crippen molar-refractivity contribution in [3.63, 3.8) is 0 Å². The Bertz CT molecular complexity index is 2350. The third kappa shape index (κ3) is 13.9. The number of nitrogens with zero attached hydrogens (tertiary/aromatic N) is 4. The third-order valence-electron chi connectivity index (χ3n) is 12.3. The lowest BCUT2D eigenvalue weighted by Gasteiger charge is -2.34. The van der Waals surface area contributed by atoms with Crippen molar-refractivity contribution >= 4 is 56.5 Å². The fourth-order valence-electron chi connectivity index (χ4n) is 9.14. The molecule has 1 N–H and O–H groups in total. The summed E-state index contributed by atoms with van der Waals surface area (Å²) in [6.45, 7) is 14.9. The molecular weight excluding hydrogens is 911 g/mol. The highest BCUT2D eigenvalue weighted by Crippen LogP contribution is 2.42. The van der Waals surface area contributed by atoms with Crippen LogP contribution >= 0.6 is 21.6 Å². The van der Waals surface area contributed by atoms with Gasteiger partial charge in [0.05, 0.1) is 83.5 Å². The topological polar surface area (TPSA) is 116 Å². The lowest BCUT2D eigenvalue weighted by Crippen LogP contribution is -2.42. The highest BCUT2D eigenvalue weighted by Gasteiger charge is 2.38. The van der Waals surface area contributed by atoms with E-state index in [4.69, 9.17) is 38.2 Å². The molecule has 0 spiro atoms. The quantitative estimate of drug-likeness (QED) is 0.0252. The molecule has 0 saturated carbocycles. The largest absolute Gasteiger partial charge is 0.505 e. The maximum Gasteiger partial charge on any atom is 0.260 e. The molecule has 0 aromatic heterocycles. The van der Waals surface area contributed by atoms with Gasteiger partial charge in [0.15, 0.2) is 11.5 Å². The number of aliphatic imine (C=N–C) groups is 1. The molecule has 3 atom stereocenters. The molecule has 0 fully saturated rings. The van der Waals surface area contributed by atoms with Crippen molar-refractivity contribution in [2.45, 2.75) is 83.2 Å². The Labute approximate surface area is 417 Å². The van der Waals surface area contributed by atoms with Crippen molar-refractivity contribution in [2.24, 2.45) is 4.99 Å². The number of carbonyl (C=O) groups excluding carboxylic acids is 1. The van der Waals surface area contributed by atoms with Crippen molar-refractivity contribution in [3.8, 4) is 11.5 Å². The molecular formula is C54H71N5O8S2. The summed E-state index contributed by atoms with van der Waals surface area (Å²) in [5, 5.41) is 3.57. The Morgan fingerprint density at radius 1 is 0.884 bits per heavy atom. The third-order valence-corrected chi connectivity index (χ3v) is 15.7. The molecule has 13 nitrogen and oxygen atoms in total. The second-order valence-corrected chi connectivity index (χ2v) is 21.2. The molecule has 0 saturated heterocycles. The predicted molar refractivity (Wildman–Crippen MR) is 283 cm³/mol. The van der Waals surface area contributed by atoms with Crippen LogP contribution in [0, 0.1) is 0 Å². The van der Waals surface area contributed by atoms with Gasteiger partial charge in [-0.25, -0.2) is 0 Å². The minimum absolute atomic E-state index is 0.0170. The summed E-state index contributed by atoms with van der Waals surface area (Å²) in [6.07, 6.45) is 7.99. The van der Waals surface area contributed by atoms with Gasteiger partial charge in [-0.3, -0.25) is 9.79 Å². The Morgan fingerprint density at radius 3 is 2.36 bits per heavy atom. The number of nitrogens with one attached hydrogen (secondary N) is 1. The molecule has 4 aromatic rings. The van der Waals surface area contributed by atoms with Gasteiger partial charge in [0, 0.05) is 73.1 Å². The van der Waals surface area contributed by atoms with Gasteiger partial charge in [0.1, 0.15) is 12.8 Å². The van der Waals surface area contributed by atoms with Gasteiger partial charge in [0.2, 0.25) is 0 Å². The maximum atomic E-state index is 14.2. The molecule has 1 amide bonds. The molecule has 0 radical (unpaired) electrons. The van der Waals surface area contributed by atoms with E-state index in [1.165, 1.54) is 16.8 Å². The normalized spacial score (nSPS) is 16.8. The molecule has 7 rings (SSSR count). The summed E-state index contributed by atoms with van der Waals surface area (Å²) in [5.41, 5.74) is 8.94. The smallest absolute Gasteiger partial charge is 0.260 e. The molecule has 0 bridgehead atoms. The fraction of sp³-hybridized carbons (Fsp3) is 0.481. The lowest BCUT2D eigenvalue weighted by molar-refractivity contribution is 0.0264. The van der Waals surface area contributed by atoms with Gasteiger partial charge in [-0.1, -0.05) is 64.9 Å². The number of benzene rings is 4. The first kappa shape index (κ1) is 51.9.